The van der Waals surface area contributed by atoms with E-state index in [1.807, 2.05) is 0 Å². The Hall–Kier alpha value is -1.67. The molecule has 0 atom stereocenters. The molecule has 2 aromatic rings. The number of hydrogen-bond donors (Lipinski definition) is 2. The lowest BCUT2D eigenvalue weighted by molar-refractivity contribution is 0.315. The largest absolute Gasteiger partial charge is 0.397 e. The Labute approximate surface area is 78.7 Å². The maximum Gasteiger partial charge on any atom is 0.240 e. The van der Waals surface area contributed by atoms with Crippen LogP contribution in [0.2, 0.25) is 0 Å². The third-order valence-electron chi connectivity index (χ3n) is 1.72. The Morgan fingerprint density at radius 3 is 2.50 bits per heavy atom. The van der Waals surface area contributed by atoms with Gasteiger partial charge in [-0.15, -0.1) is 0 Å². The van der Waals surface area contributed by atoms with Crippen LogP contribution in [0.25, 0.3) is 11.0 Å². The molecule has 7 nitrogen and oxygen atoms in total. The zero-order chi connectivity index (χ0) is 10.3. The van der Waals surface area contributed by atoms with Gasteiger partial charge in [-0.3, -0.25) is 0 Å². The maximum atomic E-state index is 11.1. The van der Waals surface area contributed by atoms with Crippen molar-refractivity contribution in [2.75, 3.05) is 5.73 Å². The third kappa shape index (κ3) is 1.20. The van der Waals surface area contributed by atoms with Gasteiger partial charge >= 0.3 is 0 Å². The lowest BCUT2D eigenvalue weighted by Gasteiger charge is -1.98. The van der Waals surface area contributed by atoms with E-state index in [4.69, 9.17) is 10.9 Å². The van der Waals surface area contributed by atoms with Crippen molar-refractivity contribution < 1.29 is 13.0 Å². The van der Waals surface area contributed by atoms with Gasteiger partial charge in [-0.2, -0.15) is 0 Å². The van der Waals surface area contributed by atoms with E-state index in [1.165, 1.54) is 12.1 Å². The topological polar surface area (TPSA) is 125 Å². The highest BCUT2D eigenvalue weighted by Gasteiger charge is 2.17. The van der Waals surface area contributed by atoms with Crippen molar-refractivity contribution in [3.05, 3.63) is 12.1 Å². The van der Waals surface area contributed by atoms with Gasteiger partial charge in [0.2, 0.25) is 10.0 Å². The van der Waals surface area contributed by atoms with Gasteiger partial charge in [-0.05, 0) is 22.4 Å². The molecule has 0 aliphatic heterocycles. The molecule has 1 heterocycles. The fourth-order valence-electron chi connectivity index (χ4n) is 1.09. The maximum absolute atomic E-state index is 11.1. The van der Waals surface area contributed by atoms with E-state index in [0.717, 1.165) is 0 Å². The highest BCUT2D eigenvalue weighted by Crippen LogP contribution is 2.23. The summed E-state index contributed by atoms with van der Waals surface area (Å²) in [6.07, 6.45) is 0. The predicted octanol–water partition coefficient (Wildman–Crippen LogP) is -0.548. The number of nitrogen functional groups attached to an aromatic ring is 1. The van der Waals surface area contributed by atoms with Crippen LogP contribution in [0.15, 0.2) is 21.7 Å². The molecule has 0 bridgehead atoms. The van der Waals surface area contributed by atoms with E-state index in [9.17, 15) is 8.42 Å². The monoisotopic (exact) mass is 214 g/mol. The number of nitrogens with two attached hydrogens (primary N) is 2. The first-order chi connectivity index (χ1) is 6.50. The first-order valence-corrected chi connectivity index (χ1v) is 5.08. The number of hydrogen-bond acceptors (Lipinski definition) is 6. The second-order valence-electron chi connectivity index (χ2n) is 2.66. The molecule has 4 N–H and O–H groups in total. The van der Waals surface area contributed by atoms with Gasteiger partial charge in [0, 0.05) is 0 Å². The predicted molar refractivity (Wildman–Crippen MR) is 47.6 cm³/mol. The molecule has 0 saturated carbocycles. The molecule has 1 aromatic heterocycles. The molecule has 0 spiro atoms. The van der Waals surface area contributed by atoms with Crippen molar-refractivity contribution in [2.45, 2.75) is 4.90 Å². The molecule has 0 radical (unpaired) electrons. The van der Waals surface area contributed by atoms with E-state index in [0.29, 0.717) is 0 Å². The van der Waals surface area contributed by atoms with Gasteiger partial charge in [-0.25, -0.2) is 18.2 Å². The molecule has 0 amide bonds. The van der Waals surface area contributed by atoms with Crippen molar-refractivity contribution in [1.29, 1.82) is 0 Å². The molecule has 8 heteroatoms. The van der Waals surface area contributed by atoms with E-state index >= 15 is 0 Å². The summed E-state index contributed by atoms with van der Waals surface area (Å²) in [5, 5.41) is 11.8. The fourth-order valence-corrected chi connectivity index (χ4v) is 1.75. The Morgan fingerprint density at radius 1 is 1.21 bits per heavy atom. The zero-order valence-corrected chi connectivity index (χ0v) is 7.65. The number of nitrogens with zero attached hydrogens (tertiary/aromatic N) is 2. The molecule has 0 fully saturated rings. The quantitative estimate of drug-likeness (QED) is 0.613. The van der Waals surface area contributed by atoms with Crippen LogP contribution in [0.5, 0.6) is 0 Å². The molecule has 0 unspecified atom stereocenters. The standard InChI is InChI=1S/C6H6N4O3S/c7-3-1-2-4(14(8,11)12)6-5(3)9-13-10-6/h1-2H,7H2,(H2,8,11,12). The molecule has 2 rings (SSSR count). The van der Waals surface area contributed by atoms with Crippen molar-refractivity contribution in [3.8, 4) is 0 Å². The number of fused-ring (bicyclic) bond motifs is 1. The lowest BCUT2D eigenvalue weighted by atomic mass is 10.3. The van der Waals surface area contributed by atoms with Crippen LogP contribution in [-0.2, 0) is 10.0 Å². The van der Waals surface area contributed by atoms with Crippen molar-refractivity contribution >= 4 is 26.7 Å². The Morgan fingerprint density at radius 2 is 1.86 bits per heavy atom. The Kier molecular flexibility index (Phi) is 1.69. The average molecular weight is 214 g/mol. The van der Waals surface area contributed by atoms with Crippen LogP contribution in [-0.4, -0.2) is 18.7 Å². The molecular weight excluding hydrogens is 208 g/mol. The van der Waals surface area contributed by atoms with E-state index in [1.54, 1.807) is 0 Å². The number of benzene rings is 1. The minimum Gasteiger partial charge on any atom is -0.397 e. The Balaban J connectivity index is 2.93. The lowest BCUT2D eigenvalue weighted by Crippen LogP contribution is -2.12. The highest BCUT2D eigenvalue weighted by molar-refractivity contribution is 7.89. The van der Waals surface area contributed by atoms with Gasteiger partial charge in [0.1, 0.15) is 4.90 Å². The zero-order valence-electron chi connectivity index (χ0n) is 6.84. The molecule has 0 saturated heterocycles. The summed E-state index contributed by atoms with van der Waals surface area (Å²) in [6, 6.07) is 2.64. The summed E-state index contributed by atoms with van der Waals surface area (Å²) in [5.41, 5.74) is 6.04. The van der Waals surface area contributed by atoms with Gasteiger partial charge in [-0.1, -0.05) is 0 Å². The second-order valence-corrected chi connectivity index (χ2v) is 4.19. The minimum atomic E-state index is -3.83. The first kappa shape index (κ1) is 8.91. The van der Waals surface area contributed by atoms with Crippen molar-refractivity contribution in [2.24, 2.45) is 5.14 Å². The van der Waals surface area contributed by atoms with Gasteiger partial charge in [0.25, 0.3) is 0 Å². The summed E-state index contributed by atoms with van der Waals surface area (Å²) in [7, 11) is -3.83. The summed E-state index contributed by atoms with van der Waals surface area (Å²) < 4.78 is 26.5. The van der Waals surface area contributed by atoms with Crippen LogP contribution < -0.4 is 10.9 Å². The number of sulfonamides is 1. The summed E-state index contributed by atoms with van der Waals surface area (Å²) >= 11 is 0. The molecular formula is C6H6N4O3S. The molecule has 0 aliphatic rings. The smallest absolute Gasteiger partial charge is 0.240 e. The second kappa shape index (κ2) is 2.66. The van der Waals surface area contributed by atoms with Crippen LogP contribution in [0.4, 0.5) is 5.69 Å². The van der Waals surface area contributed by atoms with E-state index < -0.39 is 10.0 Å². The first-order valence-electron chi connectivity index (χ1n) is 3.53. The number of anilines is 1. The van der Waals surface area contributed by atoms with E-state index in [2.05, 4.69) is 14.9 Å². The van der Waals surface area contributed by atoms with Crippen LogP contribution in [0.3, 0.4) is 0 Å². The van der Waals surface area contributed by atoms with Gasteiger partial charge in [0.05, 0.1) is 5.69 Å². The molecule has 1 aromatic carbocycles. The van der Waals surface area contributed by atoms with Crippen LogP contribution in [0.1, 0.15) is 0 Å². The molecule has 74 valence electrons. The van der Waals surface area contributed by atoms with Gasteiger partial charge in [0.15, 0.2) is 11.0 Å². The summed E-state index contributed by atoms with van der Waals surface area (Å²) in [5.74, 6) is 0. The number of primary sulfonamides is 1. The normalized spacial score (nSPS) is 12.1. The fraction of sp³-hybridized carbons (Fsp3) is 0. The molecule has 14 heavy (non-hydrogen) atoms. The molecule has 0 aliphatic carbocycles. The summed E-state index contributed by atoms with van der Waals surface area (Å²) in [6.45, 7) is 0. The van der Waals surface area contributed by atoms with Crippen molar-refractivity contribution in [1.82, 2.24) is 10.3 Å². The third-order valence-corrected chi connectivity index (χ3v) is 2.66. The SMILES string of the molecule is Nc1ccc(S(N)(=O)=O)c2nonc12. The highest BCUT2D eigenvalue weighted by atomic mass is 32.2. The van der Waals surface area contributed by atoms with Gasteiger partial charge < -0.3 is 5.73 Å². The van der Waals surface area contributed by atoms with Crippen LogP contribution >= 0.6 is 0 Å². The summed E-state index contributed by atoms with van der Waals surface area (Å²) in [4.78, 5) is -0.150. The van der Waals surface area contributed by atoms with Crippen molar-refractivity contribution in [3.63, 3.8) is 0 Å². The number of aromatic nitrogens is 2. The number of rotatable bonds is 1. The average Bonchev–Trinajstić information content (AvgIpc) is 2.50. The van der Waals surface area contributed by atoms with Crippen LogP contribution in [0, 0.1) is 0 Å². The Bertz CT molecular complexity index is 588. The van der Waals surface area contributed by atoms with E-state index in [-0.39, 0.29) is 21.6 Å². The minimum absolute atomic E-state index is 0.0486.